The lowest BCUT2D eigenvalue weighted by atomic mass is 9.76. The molecule has 0 unspecified atom stereocenters. The Kier molecular flexibility index (Phi) is 5.00. The third kappa shape index (κ3) is 3.70. The Morgan fingerprint density at radius 2 is 1.86 bits per heavy atom. The first-order valence-corrected chi connectivity index (χ1v) is 10.3. The summed E-state index contributed by atoms with van der Waals surface area (Å²) in [7, 11) is 1.60. The number of aryl methyl sites for hydroxylation is 1. The van der Waals surface area contributed by atoms with Gasteiger partial charge in [0.15, 0.2) is 0 Å². The smallest absolute Gasteiger partial charge is 0.326 e. The number of hydrogen-bond donors (Lipinski definition) is 1. The van der Waals surface area contributed by atoms with Crippen LogP contribution >= 0.6 is 0 Å². The van der Waals surface area contributed by atoms with E-state index in [0.717, 1.165) is 37.0 Å². The van der Waals surface area contributed by atoms with E-state index in [4.69, 9.17) is 4.74 Å². The summed E-state index contributed by atoms with van der Waals surface area (Å²) in [5.74, 6) is -0.168. The molecule has 2 aliphatic heterocycles. The summed E-state index contributed by atoms with van der Waals surface area (Å²) in [5, 5.41) is 9.64. The van der Waals surface area contributed by atoms with Crippen LogP contribution in [0.3, 0.4) is 0 Å². The summed E-state index contributed by atoms with van der Waals surface area (Å²) in [4.78, 5) is 40.8. The number of carboxylic acid groups (broad SMARTS) is 1. The van der Waals surface area contributed by atoms with Crippen molar-refractivity contribution in [1.29, 1.82) is 0 Å². The van der Waals surface area contributed by atoms with Crippen molar-refractivity contribution < 1.29 is 24.2 Å². The molecule has 1 atom stereocenters. The van der Waals surface area contributed by atoms with Gasteiger partial charge in [-0.05, 0) is 68.2 Å². The zero-order chi connectivity index (χ0) is 20.8. The number of carboxylic acids is 1. The number of benzene rings is 1. The zero-order valence-electron chi connectivity index (χ0n) is 17.0. The fraction of sp³-hybridized carbons (Fsp3) is 0.591. The first-order chi connectivity index (χ1) is 13.8. The predicted octanol–water partition coefficient (Wildman–Crippen LogP) is 2.32. The van der Waals surface area contributed by atoms with E-state index in [2.05, 4.69) is 0 Å². The Balaban J connectivity index is 1.44. The van der Waals surface area contributed by atoms with E-state index in [1.54, 1.807) is 24.1 Å². The van der Waals surface area contributed by atoms with Gasteiger partial charge in [-0.15, -0.1) is 0 Å². The molecule has 1 aliphatic carbocycles. The summed E-state index contributed by atoms with van der Waals surface area (Å²) in [6.45, 7) is 3.57. The van der Waals surface area contributed by atoms with Gasteiger partial charge in [-0.1, -0.05) is 0 Å². The molecule has 156 valence electrons. The molecule has 1 N–H and O–H groups in total. The number of hydrogen-bond acceptors (Lipinski definition) is 4. The average molecular weight is 400 g/mol. The van der Waals surface area contributed by atoms with Crippen molar-refractivity contribution in [2.45, 2.75) is 45.1 Å². The monoisotopic (exact) mass is 400 g/mol. The van der Waals surface area contributed by atoms with E-state index in [1.165, 1.54) is 0 Å². The van der Waals surface area contributed by atoms with Crippen LogP contribution in [0.1, 0.15) is 48.0 Å². The number of methoxy groups -OCH3 is 1. The SMILES string of the molecule is COc1ccc(C(=O)N2CCC3(CC2)C[C@H](C(=O)O)N(C(=O)C2CC2)C3)c(C)c1. The minimum Gasteiger partial charge on any atom is -0.497 e. The number of carbonyl (C=O) groups excluding carboxylic acids is 2. The van der Waals surface area contributed by atoms with Gasteiger partial charge in [-0.2, -0.15) is 0 Å². The number of carbonyl (C=O) groups is 3. The third-order valence-electron chi connectivity index (χ3n) is 6.78. The number of likely N-dealkylation sites (tertiary alicyclic amines) is 2. The van der Waals surface area contributed by atoms with Gasteiger partial charge < -0.3 is 19.6 Å². The van der Waals surface area contributed by atoms with E-state index < -0.39 is 12.0 Å². The summed E-state index contributed by atoms with van der Waals surface area (Å²) in [5.41, 5.74) is 1.35. The van der Waals surface area contributed by atoms with Gasteiger partial charge in [-0.25, -0.2) is 4.79 Å². The minimum absolute atomic E-state index is 0.00121. The van der Waals surface area contributed by atoms with Gasteiger partial charge in [-0.3, -0.25) is 9.59 Å². The van der Waals surface area contributed by atoms with Crippen LogP contribution in [0.5, 0.6) is 5.75 Å². The molecule has 1 aromatic carbocycles. The molecule has 1 aromatic rings. The Morgan fingerprint density at radius 1 is 1.17 bits per heavy atom. The molecule has 1 spiro atoms. The van der Waals surface area contributed by atoms with Crippen molar-refractivity contribution in [3.05, 3.63) is 29.3 Å². The molecule has 0 radical (unpaired) electrons. The lowest BCUT2D eigenvalue weighted by Crippen LogP contribution is -2.45. The highest BCUT2D eigenvalue weighted by molar-refractivity contribution is 5.96. The number of ether oxygens (including phenoxy) is 1. The molecule has 0 aromatic heterocycles. The van der Waals surface area contributed by atoms with Crippen LogP contribution in [-0.2, 0) is 9.59 Å². The highest BCUT2D eigenvalue weighted by atomic mass is 16.5. The molecule has 2 heterocycles. The van der Waals surface area contributed by atoms with E-state index in [9.17, 15) is 19.5 Å². The van der Waals surface area contributed by atoms with Crippen molar-refractivity contribution in [2.24, 2.45) is 11.3 Å². The highest BCUT2D eigenvalue weighted by Crippen LogP contribution is 2.45. The number of rotatable bonds is 4. The van der Waals surface area contributed by atoms with Crippen LogP contribution in [0.15, 0.2) is 18.2 Å². The maximum atomic E-state index is 13.0. The summed E-state index contributed by atoms with van der Waals surface area (Å²) < 4.78 is 5.21. The largest absolute Gasteiger partial charge is 0.497 e. The topological polar surface area (TPSA) is 87.2 Å². The maximum Gasteiger partial charge on any atom is 0.326 e. The lowest BCUT2D eigenvalue weighted by Gasteiger charge is -2.39. The average Bonchev–Trinajstić information content (AvgIpc) is 3.49. The van der Waals surface area contributed by atoms with Crippen molar-refractivity contribution in [1.82, 2.24) is 9.80 Å². The predicted molar refractivity (Wildman–Crippen MR) is 106 cm³/mol. The molecular formula is C22H28N2O5. The fourth-order valence-electron chi connectivity index (χ4n) is 4.79. The quantitative estimate of drug-likeness (QED) is 0.838. The van der Waals surface area contributed by atoms with Crippen molar-refractivity contribution in [2.75, 3.05) is 26.7 Å². The first kappa shape index (κ1) is 19.7. The Hall–Kier alpha value is -2.57. The maximum absolute atomic E-state index is 13.0. The van der Waals surface area contributed by atoms with E-state index in [1.807, 2.05) is 17.9 Å². The zero-order valence-corrected chi connectivity index (χ0v) is 17.0. The van der Waals surface area contributed by atoms with E-state index in [0.29, 0.717) is 31.6 Å². The van der Waals surface area contributed by atoms with Crippen molar-refractivity contribution in [3.8, 4) is 5.75 Å². The van der Waals surface area contributed by atoms with Gasteiger partial charge in [0.2, 0.25) is 5.91 Å². The van der Waals surface area contributed by atoms with E-state index >= 15 is 0 Å². The Morgan fingerprint density at radius 3 is 2.41 bits per heavy atom. The summed E-state index contributed by atoms with van der Waals surface area (Å²) in [6.07, 6.45) is 3.69. The van der Waals surface area contributed by atoms with Gasteiger partial charge in [0, 0.05) is 31.1 Å². The van der Waals surface area contributed by atoms with Crippen molar-refractivity contribution >= 4 is 17.8 Å². The second-order valence-corrected chi connectivity index (χ2v) is 8.77. The second-order valence-electron chi connectivity index (χ2n) is 8.77. The van der Waals surface area contributed by atoms with E-state index in [-0.39, 0.29) is 23.1 Å². The number of nitrogens with zero attached hydrogens (tertiary/aromatic N) is 2. The standard InChI is InChI=1S/C22H28N2O5/c1-14-11-16(29-2)5-6-17(14)20(26)23-9-7-22(8-10-23)12-18(21(27)28)24(13-22)19(25)15-3-4-15/h5-6,11,15,18H,3-4,7-10,12-13H2,1-2H3,(H,27,28)/t18-/m1/s1. The highest BCUT2D eigenvalue weighted by Gasteiger charge is 2.52. The van der Waals surface area contributed by atoms with Gasteiger partial charge >= 0.3 is 5.97 Å². The number of piperidine rings is 1. The molecule has 0 bridgehead atoms. The van der Waals surface area contributed by atoms with Gasteiger partial charge in [0.25, 0.3) is 5.91 Å². The molecule has 3 fully saturated rings. The Labute approximate surface area is 170 Å². The van der Waals surface area contributed by atoms with Gasteiger partial charge in [0.1, 0.15) is 11.8 Å². The second kappa shape index (κ2) is 7.35. The van der Waals surface area contributed by atoms with Crippen LogP contribution in [0, 0.1) is 18.3 Å². The molecule has 7 heteroatoms. The first-order valence-electron chi connectivity index (χ1n) is 10.3. The molecule has 2 saturated heterocycles. The van der Waals surface area contributed by atoms with Crippen LogP contribution in [0.4, 0.5) is 0 Å². The summed E-state index contributed by atoms with van der Waals surface area (Å²) in [6, 6.07) is 4.72. The van der Waals surface area contributed by atoms with Crippen LogP contribution < -0.4 is 4.74 Å². The summed E-state index contributed by atoms with van der Waals surface area (Å²) >= 11 is 0. The van der Waals surface area contributed by atoms with Crippen LogP contribution in [0.25, 0.3) is 0 Å². The van der Waals surface area contributed by atoms with Gasteiger partial charge in [0.05, 0.1) is 7.11 Å². The molecule has 2 amide bonds. The molecule has 7 nitrogen and oxygen atoms in total. The molecule has 4 rings (SSSR count). The molecule has 3 aliphatic rings. The van der Waals surface area contributed by atoms with Crippen LogP contribution in [-0.4, -0.2) is 65.5 Å². The minimum atomic E-state index is -0.914. The Bertz CT molecular complexity index is 840. The number of amides is 2. The fourth-order valence-corrected chi connectivity index (χ4v) is 4.79. The molecular weight excluding hydrogens is 372 g/mol. The number of aliphatic carboxylic acids is 1. The lowest BCUT2D eigenvalue weighted by molar-refractivity contribution is -0.148. The molecule has 29 heavy (non-hydrogen) atoms. The van der Waals surface area contributed by atoms with Crippen LogP contribution in [0.2, 0.25) is 0 Å². The molecule has 1 saturated carbocycles. The van der Waals surface area contributed by atoms with Crippen molar-refractivity contribution in [3.63, 3.8) is 0 Å². The normalized spacial score (nSPS) is 23.3. The third-order valence-corrected chi connectivity index (χ3v) is 6.78.